The number of urea groups is 1. The van der Waals surface area contributed by atoms with Gasteiger partial charge in [0, 0.05) is 15.9 Å². The highest BCUT2D eigenvalue weighted by Crippen LogP contribution is 2.27. The van der Waals surface area contributed by atoms with Gasteiger partial charge in [0.15, 0.2) is 0 Å². The van der Waals surface area contributed by atoms with Gasteiger partial charge in [-0.25, -0.2) is 14.1 Å². The maximum Gasteiger partial charge on any atom is 0.335 e. The predicted molar refractivity (Wildman–Crippen MR) is 124 cm³/mol. The molecule has 32 heavy (non-hydrogen) atoms. The first-order valence-corrected chi connectivity index (χ1v) is 10.7. The summed E-state index contributed by atoms with van der Waals surface area (Å²) in [5.41, 5.74) is 1.74. The van der Waals surface area contributed by atoms with Crippen molar-refractivity contribution in [2.24, 2.45) is 0 Å². The van der Waals surface area contributed by atoms with Crippen LogP contribution in [0.1, 0.15) is 16.7 Å². The number of imide groups is 2. The Hall–Kier alpha value is -3.29. The second-order valence-corrected chi connectivity index (χ2v) is 8.40. The fraction of sp³-hybridized carbons (Fsp3) is 0.0417. The molecule has 3 aromatic carbocycles. The molecule has 0 aromatic heterocycles. The van der Waals surface area contributed by atoms with Gasteiger partial charge in [0.25, 0.3) is 11.8 Å². The molecule has 1 aliphatic rings. The molecule has 0 saturated carbocycles. The molecule has 0 aliphatic carbocycles. The maximum absolute atomic E-state index is 14.2. The Morgan fingerprint density at radius 3 is 2.50 bits per heavy atom. The van der Waals surface area contributed by atoms with Crippen LogP contribution in [0.3, 0.4) is 0 Å². The third kappa shape index (κ3) is 4.49. The summed E-state index contributed by atoms with van der Waals surface area (Å²) in [5, 5.41) is 2.52. The topological polar surface area (TPSA) is 66.5 Å². The first kappa shape index (κ1) is 21.9. The molecule has 0 spiro atoms. The Labute approximate surface area is 196 Å². The molecule has 4 rings (SSSR count). The van der Waals surface area contributed by atoms with E-state index in [1.165, 1.54) is 18.2 Å². The second-order valence-electron chi connectivity index (χ2n) is 7.05. The summed E-state index contributed by atoms with van der Waals surface area (Å²) < 4.78 is 14.9. The summed E-state index contributed by atoms with van der Waals surface area (Å²) in [7, 11) is 0. The smallest absolute Gasteiger partial charge is 0.273 e. The zero-order valence-corrected chi connectivity index (χ0v) is 18.8. The lowest BCUT2D eigenvalue weighted by Gasteiger charge is -2.26. The minimum atomic E-state index is -0.861. The van der Waals surface area contributed by atoms with E-state index in [0.717, 1.165) is 4.90 Å². The minimum Gasteiger partial charge on any atom is -0.273 e. The molecule has 3 aromatic rings. The highest BCUT2D eigenvalue weighted by atomic mass is 79.9. The summed E-state index contributed by atoms with van der Waals surface area (Å²) in [6.07, 6.45) is 1.66. The summed E-state index contributed by atoms with van der Waals surface area (Å²) in [6, 6.07) is 17.0. The van der Waals surface area contributed by atoms with Crippen molar-refractivity contribution in [3.05, 3.63) is 104 Å². The number of anilines is 1. The summed E-state index contributed by atoms with van der Waals surface area (Å²) in [5.74, 6) is -1.94. The number of hydrogen-bond donors (Lipinski definition) is 1. The van der Waals surface area contributed by atoms with Crippen molar-refractivity contribution in [2.75, 3.05) is 4.90 Å². The third-order valence-electron chi connectivity index (χ3n) is 4.91. The average Bonchev–Trinajstić information content (AvgIpc) is 2.74. The van der Waals surface area contributed by atoms with Crippen LogP contribution in [0.25, 0.3) is 6.08 Å². The zero-order valence-electron chi connectivity index (χ0n) is 16.4. The molecule has 1 fully saturated rings. The number of nitrogens with zero attached hydrogens (tertiary/aromatic N) is 1. The van der Waals surface area contributed by atoms with Crippen LogP contribution in [0.2, 0.25) is 5.02 Å². The molecule has 1 N–H and O–H groups in total. The largest absolute Gasteiger partial charge is 0.335 e. The number of barbiturate groups is 1. The quantitative estimate of drug-likeness (QED) is 0.370. The molecule has 1 aliphatic heterocycles. The Morgan fingerprint density at radius 1 is 0.969 bits per heavy atom. The number of benzene rings is 3. The molecule has 1 saturated heterocycles. The van der Waals surface area contributed by atoms with Crippen molar-refractivity contribution < 1.29 is 18.8 Å². The van der Waals surface area contributed by atoms with Gasteiger partial charge in [0.05, 0.1) is 5.69 Å². The van der Waals surface area contributed by atoms with Crippen LogP contribution in [0.4, 0.5) is 14.9 Å². The lowest BCUT2D eigenvalue weighted by molar-refractivity contribution is -0.122. The van der Waals surface area contributed by atoms with Crippen molar-refractivity contribution >= 4 is 57.1 Å². The molecule has 1 heterocycles. The lowest BCUT2D eigenvalue weighted by atomic mass is 9.97. The van der Waals surface area contributed by atoms with Crippen molar-refractivity contribution in [2.45, 2.75) is 6.42 Å². The van der Waals surface area contributed by atoms with Gasteiger partial charge in [0.2, 0.25) is 0 Å². The van der Waals surface area contributed by atoms with Gasteiger partial charge in [0.1, 0.15) is 11.4 Å². The van der Waals surface area contributed by atoms with E-state index in [9.17, 15) is 18.8 Å². The van der Waals surface area contributed by atoms with Crippen molar-refractivity contribution in [1.29, 1.82) is 0 Å². The molecule has 160 valence electrons. The van der Waals surface area contributed by atoms with Crippen molar-refractivity contribution in [3.8, 4) is 0 Å². The summed E-state index contributed by atoms with van der Waals surface area (Å²) in [6.45, 7) is 0. The van der Waals surface area contributed by atoms with Crippen molar-refractivity contribution in [3.63, 3.8) is 0 Å². The normalized spacial score (nSPS) is 15.3. The van der Waals surface area contributed by atoms with Gasteiger partial charge in [-0.05, 0) is 59.2 Å². The number of nitrogens with one attached hydrogen (secondary N) is 1. The van der Waals surface area contributed by atoms with Crippen LogP contribution < -0.4 is 10.2 Å². The van der Waals surface area contributed by atoms with E-state index in [2.05, 4.69) is 21.2 Å². The van der Waals surface area contributed by atoms with E-state index in [1.807, 2.05) is 0 Å². The van der Waals surface area contributed by atoms with Gasteiger partial charge in [-0.1, -0.05) is 57.9 Å². The molecule has 0 atom stereocenters. The van der Waals surface area contributed by atoms with Crippen molar-refractivity contribution in [1.82, 2.24) is 5.32 Å². The zero-order chi connectivity index (χ0) is 22.8. The van der Waals surface area contributed by atoms with E-state index < -0.39 is 17.8 Å². The molecular weight excluding hydrogens is 499 g/mol. The Kier molecular flexibility index (Phi) is 6.21. The van der Waals surface area contributed by atoms with Gasteiger partial charge >= 0.3 is 6.03 Å². The molecule has 5 nitrogen and oxygen atoms in total. The van der Waals surface area contributed by atoms with Crippen LogP contribution in [0.5, 0.6) is 0 Å². The van der Waals surface area contributed by atoms with Crippen LogP contribution in [-0.2, 0) is 16.0 Å². The first-order valence-electron chi connectivity index (χ1n) is 9.52. The number of amides is 4. The molecule has 0 radical (unpaired) electrons. The average molecular weight is 514 g/mol. The fourth-order valence-electron chi connectivity index (χ4n) is 3.37. The number of carbonyl (C=O) groups is 3. The van der Waals surface area contributed by atoms with Gasteiger partial charge in [-0.3, -0.25) is 14.9 Å². The second kappa shape index (κ2) is 9.06. The molecule has 4 amide bonds. The number of carbonyl (C=O) groups excluding carboxylic acids is 3. The fourth-order valence-corrected chi connectivity index (χ4v) is 3.93. The SMILES string of the molecule is O=C1NC(=O)N(c2cccc(Cl)c2)C(=O)/C1=C/c1cc(Br)ccc1Cc1ccccc1F. The molecule has 0 unspecified atom stereocenters. The Bertz CT molecular complexity index is 1290. The van der Waals surface area contributed by atoms with Gasteiger partial charge in [-0.2, -0.15) is 0 Å². The summed E-state index contributed by atoms with van der Waals surface area (Å²) >= 11 is 9.38. The number of halogens is 3. The number of hydrogen-bond acceptors (Lipinski definition) is 3. The van der Waals surface area contributed by atoms with Gasteiger partial charge < -0.3 is 0 Å². The highest BCUT2D eigenvalue weighted by Gasteiger charge is 2.37. The standard InChI is InChI=1S/C24H15BrClFN2O3/c25-17-9-8-14(10-15-4-1-2-7-21(15)27)16(11-17)12-20-22(30)28-24(32)29(23(20)31)19-6-3-5-18(26)13-19/h1-9,11-13H,10H2,(H,28,30,32)/b20-12+. The van der Waals surface area contributed by atoms with Crippen LogP contribution in [0, 0.1) is 5.82 Å². The predicted octanol–water partition coefficient (Wildman–Crippen LogP) is 5.50. The minimum absolute atomic E-state index is 0.225. The van der Waals surface area contributed by atoms with Crippen LogP contribution in [-0.4, -0.2) is 17.8 Å². The molecule has 8 heteroatoms. The molecule has 0 bridgehead atoms. The van der Waals surface area contributed by atoms with E-state index in [4.69, 9.17) is 11.6 Å². The Morgan fingerprint density at radius 2 is 1.75 bits per heavy atom. The van der Waals surface area contributed by atoms with E-state index >= 15 is 0 Å². The van der Waals surface area contributed by atoms with Crippen LogP contribution >= 0.6 is 27.5 Å². The first-order chi connectivity index (χ1) is 15.3. The molecular formula is C24H15BrClFN2O3. The third-order valence-corrected chi connectivity index (χ3v) is 5.64. The van der Waals surface area contributed by atoms with Crippen LogP contribution in [0.15, 0.2) is 76.8 Å². The monoisotopic (exact) mass is 512 g/mol. The number of rotatable bonds is 4. The van der Waals surface area contributed by atoms with E-state index in [0.29, 0.717) is 26.2 Å². The highest BCUT2D eigenvalue weighted by molar-refractivity contribution is 9.10. The van der Waals surface area contributed by atoms with E-state index in [-0.39, 0.29) is 23.5 Å². The Balaban J connectivity index is 1.76. The van der Waals surface area contributed by atoms with E-state index in [1.54, 1.807) is 54.6 Å². The lowest BCUT2D eigenvalue weighted by Crippen LogP contribution is -2.54. The van der Waals surface area contributed by atoms with Gasteiger partial charge in [-0.15, -0.1) is 0 Å². The summed E-state index contributed by atoms with van der Waals surface area (Å²) in [4.78, 5) is 38.9. The maximum atomic E-state index is 14.2.